The van der Waals surface area contributed by atoms with Crippen molar-refractivity contribution in [2.75, 3.05) is 0 Å². The predicted octanol–water partition coefficient (Wildman–Crippen LogP) is 9.71. The minimum atomic E-state index is 0. The third kappa shape index (κ3) is 4.60. The maximum Gasteiger partial charge on any atom is 3.00 e. The van der Waals surface area contributed by atoms with Gasteiger partial charge >= 0.3 is 20.1 Å². The van der Waals surface area contributed by atoms with Gasteiger partial charge in [-0.1, -0.05) is 66.0 Å². The summed E-state index contributed by atoms with van der Waals surface area (Å²) in [6.07, 6.45) is 1.79. The number of rotatable bonds is 2. The van der Waals surface area contributed by atoms with Gasteiger partial charge in [0.15, 0.2) is 0 Å². The van der Waals surface area contributed by atoms with Crippen molar-refractivity contribution in [2.24, 2.45) is 0 Å². The number of nitrogens with zero attached hydrogens (tertiary/aromatic N) is 1. The third-order valence-corrected chi connectivity index (χ3v) is 6.94. The van der Waals surface area contributed by atoms with Crippen molar-refractivity contribution in [1.82, 2.24) is 4.98 Å². The summed E-state index contributed by atoms with van der Waals surface area (Å²) in [5.41, 5.74) is 5.77. The fourth-order valence-corrected chi connectivity index (χ4v) is 5.20. The summed E-state index contributed by atoms with van der Waals surface area (Å²) in [6.45, 7) is 0. The molecule has 0 spiro atoms. The van der Waals surface area contributed by atoms with E-state index in [4.69, 9.17) is 4.42 Å². The molecule has 0 amide bonds. The number of aromatic nitrogens is 1. The van der Waals surface area contributed by atoms with E-state index < -0.39 is 0 Å². The molecule has 0 atom stereocenters. The molecule has 8 aromatic rings. The molecule has 0 bridgehead atoms. The molecule has 0 saturated carbocycles. The number of hydrogen-bond donors (Lipinski definition) is 0. The van der Waals surface area contributed by atoms with Crippen LogP contribution in [0, 0.1) is 18.2 Å². The fraction of sp³-hybridized carbons (Fsp3) is 0. The smallest absolute Gasteiger partial charge is 0.510 e. The molecule has 2 heterocycles. The fourth-order valence-electron chi connectivity index (χ4n) is 5.20. The number of hydrogen-bond acceptors (Lipinski definition) is 2. The second-order valence-corrected chi connectivity index (χ2v) is 9.26. The summed E-state index contributed by atoms with van der Waals surface area (Å²) in [5.74, 6) is 0. The minimum Gasteiger partial charge on any atom is -0.510 e. The van der Waals surface area contributed by atoms with E-state index in [-0.39, 0.29) is 20.1 Å². The van der Waals surface area contributed by atoms with Crippen LogP contribution in [0.5, 0.6) is 0 Å². The van der Waals surface area contributed by atoms with E-state index in [0.717, 1.165) is 44.3 Å². The van der Waals surface area contributed by atoms with Crippen LogP contribution in [0.1, 0.15) is 0 Å². The van der Waals surface area contributed by atoms with Gasteiger partial charge in [-0.05, 0) is 27.9 Å². The van der Waals surface area contributed by atoms with Crippen molar-refractivity contribution in [3.8, 4) is 22.4 Å². The molecule has 2 aromatic heterocycles. The van der Waals surface area contributed by atoms with Gasteiger partial charge in [0.1, 0.15) is 5.58 Å². The molecule has 3 heteroatoms. The molecule has 0 radical (unpaired) electrons. The maximum absolute atomic E-state index is 6.51. The monoisotopic (exact) mass is 689 g/mol. The van der Waals surface area contributed by atoms with E-state index in [9.17, 15) is 0 Å². The van der Waals surface area contributed by atoms with Gasteiger partial charge in [-0.3, -0.25) is 0 Å². The van der Waals surface area contributed by atoms with Crippen molar-refractivity contribution in [1.29, 1.82) is 0 Å². The first-order valence-corrected chi connectivity index (χ1v) is 12.9. The third-order valence-electron chi connectivity index (χ3n) is 6.94. The Kier molecular flexibility index (Phi) is 7.25. The molecule has 190 valence electrons. The van der Waals surface area contributed by atoms with E-state index in [1.54, 1.807) is 6.20 Å². The average molecular weight is 689 g/mol. The normalized spacial score (nSPS) is 10.8. The second-order valence-electron chi connectivity index (χ2n) is 9.26. The van der Waals surface area contributed by atoms with Crippen molar-refractivity contribution in [3.05, 3.63) is 152 Å². The number of benzene rings is 6. The minimum absolute atomic E-state index is 0. The molecule has 0 aliphatic carbocycles. The molecular formula is C37H22IrNO. The van der Waals surface area contributed by atoms with Gasteiger partial charge in [0, 0.05) is 22.6 Å². The van der Waals surface area contributed by atoms with Crippen LogP contribution in [0.4, 0.5) is 0 Å². The Bertz CT molecular complexity index is 2010. The Morgan fingerprint density at radius 3 is 1.77 bits per heavy atom. The Hall–Kier alpha value is -4.56. The first-order chi connectivity index (χ1) is 19.4. The molecule has 2 nitrogen and oxygen atoms in total. The molecule has 0 fully saturated rings. The van der Waals surface area contributed by atoms with Crippen molar-refractivity contribution in [3.63, 3.8) is 0 Å². The predicted molar refractivity (Wildman–Crippen MR) is 160 cm³/mol. The van der Waals surface area contributed by atoms with E-state index in [1.807, 2.05) is 66.7 Å². The first-order valence-electron chi connectivity index (χ1n) is 12.9. The van der Waals surface area contributed by atoms with Crippen molar-refractivity contribution < 1.29 is 24.5 Å². The van der Waals surface area contributed by atoms with Crippen LogP contribution in [-0.2, 0) is 20.1 Å². The van der Waals surface area contributed by atoms with Crippen LogP contribution >= 0.6 is 0 Å². The molecule has 0 unspecified atom stereocenters. The van der Waals surface area contributed by atoms with Crippen LogP contribution in [0.3, 0.4) is 0 Å². The largest absolute Gasteiger partial charge is 3.00 e. The Balaban J connectivity index is 0.000000188. The van der Waals surface area contributed by atoms with E-state index in [0.29, 0.717) is 0 Å². The SMILES string of the molecule is [Ir+3].[c-]1ccccc1-c1[c-]ccc2c1oc1c3ccccc3c3ccccc3c21.[c-]1ccccc1-c1ccccn1. The summed E-state index contributed by atoms with van der Waals surface area (Å²) < 4.78 is 6.51. The maximum atomic E-state index is 6.51. The number of pyridine rings is 1. The van der Waals surface area contributed by atoms with Crippen LogP contribution < -0.4 is 0 Å². The summed E-state index contributed by atoms with van der Waals surface area (Å²) >= 11 is 0. The quantitative estimate of drug-likeness (QED) is 0.134. The van der Waals surface area contributed by atoms with Gasteiger partial charge in [-0.15, -0.1) is 48.0 Å². The summed E-state index contributed by atoms with van der Waals surface area (Å²) in [7, 11) is 0. The summed E-state index contributed by atoms with van der Waals surface area (Å²) in [5, 5.41) is 7.13. The second kappa shape index (κ2) is 11.3. The summed E-state index contributed by atoms with van der Waals surface area (Å²) in [4.78, 5) is 4.22. The molecule has 0 saturated heterocycles. The van der Waals surface area contributed by atoms with Crippen molar-refractivity contribution in [2.45, 2.75) is 0 Å². The standard InChI is InChI=1S/C26H14O.C11H8N.Ir/c1-2-9-17(10-3-1)18-15-8-16-23-24-21-13-6-4-11-19(21)20-12-5-7-14-22(20)26(24)27-25(18)23;1-2-6-10(7-3-1)11-8-4-5-9-12-11;/h1-9,11-14,16H;1-6,8-9H;/q-2;-1;+3. The number of fused-ring (bicyclic) bond motifs is 8. The van der Waals surface area contributed by atoms with Gasteiger partial charge in [-0.25, -0.2) is 5.56 Å². The van der Waals surface area contributed by atoms with Crippen molar-refractivity contribution >= 4 is 43.5 Å². The zero-order chi connectivity index (χ0) is 26.0. The molecular weight excluding hydrogens is 667 g/mol. The summed E-state index contributed by atoms with van der Waals surface area (Å²) in [6, 6.07) is 52.6. The zero-order valence-electron chi connectivity index (χ0n) is 21.4. The molecule has 0 aliphatic rings. The zero-order valence-corrected chi connectivity index (χ0v) is 23.8. The molecule has 6 aromatic carbocycles. The molecule has 8 rings (SSSR count). The topological polar surface area (TPSA) is 26.0 Å². The number of furan rings is 1. The van der Waals surface area contributed by atoms with Crippen LogP contribution in [0.2, 0.25) is 0 Å². The molecule has 40 heavy (non-hydrogen) atoms. The Labute approximate surface area is 246 Å². The van der Waals surface area contributed by atoms with Gasteiger partial charge in [0.2, 0.25) is 0 Å². The van der Waals surface area contributed by atoms with Gasteiger partial charge in [0.25, 0.3) is 0 Å². The van der Waals surface area contributed by atoms with Gasteiger partial charge in [0.05, 0.1) is 0 Å². The molecule has 0 aliphatic heterocycles. The Morgan fingerprint density at radius 1 is 0.475 bits per heavy atom. The molecule has 0 N–H and O–H groups in total. The average Bonchev–Trinajstić information content (AvgIpc) is 3.43. The van der Waals surface area contributed by atoms with Crippen LogP contribution in [0.15, 0.2) is 138 Å². The van der Waals surface area contributed by atoms with E-state index in [2.05, 4.69) is 83.8 Å². The van der Waals surface area contributed by atoms with Crippen LogP contribution in [0.25, 0.3) is 65.9 Å². The van der Waals surface area contributed by atoms with Gasteiger partial charge in [-0.2, -0.15) is 42.0 Å². The Morgan fingerprint density at radius 2 is 1.10 bits per heavy atom. The van der Waals surface area contributed by atoms with E-state index >= 15 is 0 Å². The van der Waals surface area contributed by atoms with Crippen LogP contribution in [-0.4, -0.2) is 4.98 Å². The van der Waals surface area contributed by atoms with Gasteiger partial charge < -0.3 is 9.40 Å². The van der Waals surface area contributed by atoms with E-state index in [1.165, 1.54) is 21.5 Å². The first kappa shape index (κ1) is 25.7.